The van der Waals surface area contributed by atoms with Crippen LogP contribution in [0.1, 0.15) is 120 Å². The van der Waals surface area contributed by atoms with Crippen molar-refractivity contribution in [2.75, 3.05) is 0 Å². The van der Waals surface area contributed by atoms with Gasteiger partial charge in [-0.3, -0.25) is 0 Å². The summed E-state index contributed by atoms with van der Waals surface area (Å²) in [4.78, 5) is 0. The van der Waals surface area contributed by atoms with Crippen LogP contribution in [0.25, 0.3) is 11.1 Å². The number of hydrogen-bond donors (Lipinski definition) is 0. The average molecular weight is 435 g/mol. The average Bonchev–Trinajstić information content (AvgIpc) is 2.80. The molecule has 2 aliphatic rings. The van der Waals surface area contributed by atoms with Gasteiger partial charge in [-0.05, 0) is 82.6 Å². The van der Waals surface area contributed by atoms with Crippen LogP contribution in [0, 0.1) is 0 Å². The maximum Gasteiger partial charge on any atom is -0.00904 e. The summed E-state index contributed by atoms with van der Waals surface area (Å²) in [6.45, 7) is 9.34. The lowest BCUT2D eigenvalue weighted by atomic mass is 9.78. The molecule has 168 valence electrons. The van der Waals surface area contributed by atoms with Gasteiger partial charge in [-0.2, -0.15) is 0 Å². The molecule has 2 aliphatic carbocycles. The highest BCUT2D eigenvalue weighted by Crippen LogP contribution is 2.50. The molecule has 2 saturated carbocycles. The van der Waals surface area contributed by atoms with E-state index in [1.807, 2.05) is 0 Å². The molecule has 0 amide bonds. The van der Waals surface area contributed by atoms with Crippen molar-refractivity contribution in [3.05, 3.63) is 59.2 Å². The molecule has 0 nitrogen and oxygen atoms in total. The fourth-order valence-corrected chi connectivity index (χ4v) is 8.30. The van der Waals surface area contributed by atoms with Crippen molar-refractivity contribution in [2.45, 2.75) is 115 Å². The molecule has 0 bridgehead atoms. The van der Waals surface area contributed by atoms with Gasteiger partial charge in [-0.25, -0.2) is 0 Å². The van der Waals surface area contributed by atoms with E-state index in [0.29, 0.717) is 11.8 Å². The second-order valence-corrected chi connectivity index (χ2v) is 12.6. The zero-order valence-electron chi connectivity index (χ0n) is 20.3. The maximum atomic E-state index is 2.49. The van der Waals surface area contributed by atoms with E-state index in [1.54, 1.807) is 5.56 Å². The van der Waals surface area contributed by atoms with Gasteiger partial charge in [0.05, 0.1) is 0 Å². The minimum atomic E-state index is 0.549. The Morgan fingerprint density at radius 3 is 2.16 bits per heavy atom. The first-order chi connectivity index (χ1) is 15.0. The van der Waals surface area contributed by atoms with Crippen molar-refractivity contribution >= 4 is 8.58 Å². The molecule has 0 saturated heterocycles. The van der Waals surface area contributed by atoms with Gasteiger partial charge in [-0.15, -0.1) is 8.58 Å². The highest BCUT2D eigenvalue weighted by molar-refractivity contribution is 7.39. The molecule has 0 spiro atoms. The van der Waals surface area contributed by atoms with Crippen molar-refractivity contribution in [2.24, 2.45) is 0 Å². The molecule has 3 unspecified atom stereocenters. The summed E-state index contributed by atoms with van der Waals surface area (Å²) in [5, 5.41) is 0. The SMILES string of the molecule is CC(C)c1ccc(-c2ccccc2C2CCCCC2PC2CCCCC2)c(C(C)C)c1. The van der Waals surface area contributed by atoms with Crippen LogP contribution in [-0.2, 0) is 0 Å². The van der Waals surface area contributed by atoms with Gasteiger partial charge >= 0.3 is 0 Å². The first kappa shape index (κ1) is 23.0. The Labute approximate surface area is 193 Å². The monoisotopic (exact) mass is 434 g/mol. The third kappa shape index (κ3) is 5.45. The van der Waals surface area contributed by atoms with Crippen LogP contribution in [0.4, 0.5) is 0 Å². The van der Waals surface area contributed by atoms with E-state index in [9.17, 15) is 0 Å². The van der Waals surface area contributed by atoms with E-state index in [0.717, 1.165) is 17.2 Å². The van der Waals surface area contributed by atoms with Gasteiger partial charge in [0.2, 0.25) is 0 Å². The van der Waals surface area contributed by atoms with Crippen LogP contribution in [0.15, 0.2) is 42.5 Å². The van der Waals surface area contributed by atoms with Crippen LogP contribution >= 0.6 is 8.58 Å². The van der Waals surface area contributed by atoms with Crippen molar-refractivity contribution < 1.29 is 0 Å². The Hall–Kier alpha value is -1.13. The Bertz CT molecular complexity index is 843. The minimum absolute atomic E-state index is 0.549. The summed E-state index contributed by atoms with van der Waals surface area (Å²) in [6, 6.07) is 16.8. The van der Waals surface area contributed by atoms with Crippen LogP contribution in [-0.4, -0.2) is 11.3 Å². The van der Waals surface area contributed by atoms with Gasteiger partial charge in [-0.1, -0.05) is 102 Å². The third-order valence-electron chi connectivity index (χ3n) is 7.84. The second-order valence-electron chi connectivity index (χ2n) is 10.7. The highest BCUT2D eigenvalue weighted by atomic mass is 31.1. The van der Waals surface area contributed by atoms with Crippen molar-refractivity contribution in [3.63, 3.8) is 0 Å². The maximum absolute atomic E-state index is 2.49. The number of rotatable bonds is 6. The van der Waals surface area contributed by atoms with E-state index in [-0.39, 0.29) is 0 Å². The van der Waals surface area contributed by atoms with Gasteiger partial charge < -0.3 is 0 Å². The molecule has 2 fully saturated rings. The summed E-state index contributed by atoms with van der Waals surface area (Å²) < 4.78 is 0. The van der Waals surface area contributed by atoms with Gasteiger partial charge in [0.1, 0.15) is 0 Å². The van der Waals surface area contributed by atoms with Crippen molar-refractivity contribution in [3.8, 4) is 11.1 Å². The van der Waals surface area contributed by atoms with Crippen LogP contribution in [0.2, 0.25) is 0 Å². The lowest BCUT2D eigenvalue weighted by Gasteiger charge is -2.36. The van der Waals surface area contributed by atoms with Gasteiger partial charge in [0.25, 0.3) is 0 Å². The van der Waals surface area contributed by atoms with E-state index in [1.165, 1.54) is 88.6 Å². The molecule has 1 heteroatoms. The first-order valence-corrected chi connectivity index (χ1v) is 14.2. The molecule has 31 heavy (non-hydrogen) atoms. The van der Waals surface area contributed by atoms with Crippen LogP contribution < -0.4 is 0 Å². The van der Waals surface area contributed by atoms with E-state index in [2.05, 4.69) is 70.2 Å². The van der Waals surface area contributed by atoms with E-state index in [4.69, 9.17) is 0 Å². The summed E-state index contributed by atoms with van der Waals surface area (Å²) >= 11 is 0. The predicted molar refractivity (Wildman–Crippen MR) is 140 cm³/mol. The quantitative estimate of drug-likeness (QED) is 0.397. The normalized spacial score (nSPS) is 23.3. The summed E-state index contributed by atoms with van der Waals surface area (Å²) in [7, 11) is 1.18. The zero-order chi connectivity index (χ0) is 21.8. The van der Waals surface area contributed by atoms with Gasteiger partial charge in [0.15, 0.2) is 0 Å². The smallest absolute Gasteiger partial charge is 0.00904 e. The van der Waals surface area contributed by atoms with Crippen molar-refractivity contribution in [1.82, 2.24) is 0 Å². The first-order valence-electron chi connectivity index (χ1n) is 13.0. The van der Waals surface area contributed by atoms with Crippen molar-refractivity contribution in [1.29, 1.82) is 0 Å². The Morgan fingerprint density at radius 2 is 1.42 bits per heavy atom. The Balaban J connectivity index is 1.69. The second kappa shape index (κ2) is 10.7. The highest BCUT2D eigenvalue weighted by Gasteiger charge is 2.31. The van der Waals surface area contributed by atoms with Gasteiger partial charge in [0, 0.05) is 0 Å². The standard InChI is InChI=1S/C30H43P/c1-21(2)23-18-19-27(29(20-23)22(3)4)25-14-8-9-15-26(25)28-16-10-11-17-30(28)31-24-12-6-5-7-13-24/h8-9,14-15,18-22,24,28,30-31H,5-7,10-13,16-17H2,1-4H3. The minimum Gasteiger partial charge on any atom is -0.115 e. The number of hydrogen-bond acceptors (Lipinski definition) is 0. The largest absolute Gasteiger partial charge is 0.115 e. The van der Waals surface area contributed by atoms with E-state index < -0.39 is 0 Å². The molecule has 0 aromatic heterocycles. The Kier molecular flexibility index (Phi) is 7.92. The fraction of sp³-hybridized carbons (Fsp3) is 0.600. The molecular weight excluding hydrogens is 391 g/mol. The molecule has 2 aromatic rings. The molecule has 0 N–H and O–H groups in total. The molecule has 0 radical (unpaired) electrons. The lowest BCUT2D eigenvalue weighted by Crippen LogP contribution is -2.23. The van der Waals surface area contributed by atoms with Crippen LogP contribution in [0.3, 0.4) is 0 Å². The fourth-order valence-electron chi connectivity index (χ4n) is 6.00. The number of benzene rings is 2. The molecule has 2 aromatic carbocycles. The Morgan fingerprint density at radius 1 is 0.710 bits per heavy atom. The third-order valence-corrected chi connectivity index (χ3v) is 10.0. The molecular formula is C30H43P. The predicted octanol–water partition coefficient (Wildman–Crippen LogP) is 9.64. The molecule has 4 rings (SSSR count). The summed E-state index contributed by atoms with van der Waals surface area (Å²) in [5.74, 6) is 1.89. The van der Waals surface area contributed by atoms with Crippen LogP contribution in [0.5, 0.6) is 0 Å². The molecule has 3 atom stereocenters. The topological polar surface area (TPSA) is 0 Å². The zero-order valence-corrected chi connectivity index (χ0v) is 21.3. The summed E-state index contributed by atoms with van der Waals surface area (Å²) in [5.41, 5.74) is 9.58. The van der Waals surface area contributed by atoms with E-state index >= 15 is 0 Å². The lowest BCUT2D eigenvalue weighted by molar-refractivity contribution is 0.446. The summed E-state index contributed by atoms with van der Waals surface area (Å²) in [6.07, 6.45) is 13.1. The molecule has 0 aliphatic heterocycles. The molecule has 0 heterocycles.